The molecule has 1 saturated heterocycles. The topological polar surface area (TPSA) is 106 Å². The molecule has 1 fully saturated rings. The van der Waals surface area contributed by atoms with Crippen molar-refractivity contribution in [3.63, 3.8) is 0 Å². The maximum atomic E-state index is 12.3. The number of carbonyl (C=O) groups excluding carboxylic acids is 1. The number of aromatic hydroxyl groups is 1. The second-order valence-corrected chi connectivity index (χ2v) is 6.01. The molecule has 3 rings (SSSR count). The molecule has 24 heavy (non-hydrogen) atoms. The third kappa shape index (κ3) is 3.04. The van der Waals surface area contributed by atoms with Crippen LogP contribution < -0.4 is 0 Å². The lowest BCUT2D eigenvalue weighted by molar-refractivity contribution is -0.121. The number of nitrogens with one attached hydrogen (secondary N) is 1. The summed E-state index contributed by atoms with van der Waals surface area (Å²) < 4.78 is 0. The number of rotatable bonds is 3. The van der Waals surface area contributed by atoms with Crippen LogP contribution in [0.4, 0.5) is 5.69 Å². The zero-order valence-electron chi connectivity index (χ0n) is 12.6. The Bertz CT molecular complexity index is 871. The number of hydrogen-bond donors (Lipinski definition) is 3. The summed E-state index contributed by atoms with van der Waals surface area (Å²) in [7, 11) is 1.57. The van der Waals surface area contributed by atoms with Crippen molar-refractivity contribution in [1.29, 1.82) is 0 Å². The number of carboxylic acid groups (broad SMARTS) is 1. The largest absolute Gasteiger partial charge is 0.508 e. The molecule has 0 bridgehead atoms. The predicted molar refractivity (Wildman–Crippen MR) is 91.3 cm³/mol. The van der Waals surface area contributed by atoms with Crippen molar-refractivity contribution < 1.29 is 19.8 Å². The predicted octanol–water partition coefficient (Wildman–Crippen LogP) is 2.65. The number of carboxylic acids is 1. The van der Waals surface area contributed by atoms with Gasteiger partial charge in [-0.1, -0.05) is 0 Å². The van der Waals surface area contributed by atoms with Gasteiger partial charge in [0.15, 0.2) is 5.17 Å². The number of thioether (sulfide) groups is 1. The molecule has 1 aromatic heterocycles. The molecule has 1 aliphatic heterocycles. The van der Waals surface area contributed by atoms with Crippen molar-refractivity contribution >= 4 is 40.6 Å². The van der Waals surface area contributed by atoms with E-state index >= 15 is 0 Å². The minimum atomic E-state index is -1.20. The zero-order valence-corrected chi connectivity index (χ0v) is 13.4. The average molecular weight is 343 g/mol. The van der Waals surface area contributed by atoms with Crippen LogP contribution >= 0.6 is 11.8 Å². The Morgan fingerprint density at radius 3 is 2.83 bits per heavy atom. The molecule has 8 heteroatoms. The highest BCUT2D eigenvalue weighted by molar-refractivity contribution is 8.18. The van der Waals surface area contributed by atoms with Crippen LogP contribution in [0, 0.1) is 0 Å². The minimum absolute atomic E-state index is 0.134. The second kappa shape index (κ2) is 6.25. The summed E-state index contributed by atoms with van der Waals surface area (Å²) >= 11 is 1.16. The monoisotopic (exact) mass is 343 g/mol. The van der Waals surface area contributed by atoms with Crippen LogP contribution in [0.3, 0.4) is 0 Å². The maximum absolute atomic E-state index is 12.3. The number of aromatic carboxylic acids is 1. The van der Waals surface area contributed by atoms with Crippen LogP contribution in [0.1, 0.15) is 16.1 Å². The summed E-state index contributed by atoms with van der Waals surface area (Å²) in [6.45, 7) is 0. The highest BCUT2D eigenvalue weighted by atomic mass is 32.2. The fraction of sp³-hybridized carbons (Fsp3) is 0.0625. The van der Waals surface area contributed by atoms with Crippen molar-refractivity contribution in [2.75, 3.05) is 7.05 Å². The first-order valence-electron chi connectivity index (χ1n) is 6.91. The molecule has 0 spiro atoms. The van der Waals surface area contributed by atoms with E-state index in [1.807, 2.05) is 12.1 Å². The number of nitrogens with zero attached hydrogens (tertiary/aromatic N) is 2. The molecule has 2 aromatic rings. The van der Waals surface area contributed by atoms with Crippen LogP contribution in [0.5, 0.6) is 5.75 Å². The number of aromatic amines is 1. The SMILES string of the molecule is CN1C(=O)/C(=C/c2ccc[nH]2)SC1=Nc1ccc(O)cc1C(=O)O. The van der Waals surface area contributed by atoms with E-state index in [0.717, 1.165) is 23.5 Å². The molecule has 0 saturated carbocycles. The first-order valence-corrected chi connectivity index (χ1v) is 7.73. The van der Waals surface area contributed by atoms with E-state index in [1.54, 1.807) is 19.3 Å². The lowest BCUT2D eigenvalue weighted by atomic mass is 10.2. The van der Waals surface area contributed by atoms with Gasteiger partial charge in [0.25, 0.3) is 5.91 Å². The van der Waals surface area contributed by atoms with E-state index in [4.69, 9.17) is 0 Å². The van der Waals surface area contributed by atoms with Gasteiger partial charge in [-0.05, 0) is 48.2 Å². The smallest absolute Gasteiger partial charge is 0.338 e. The summed E-state index contributed by atoms with van der Waals surface area (Å²) in [5.74, 6) is -1.58. The van der Waals surface area contributed by atoms with Crippen molar-refractivity contribution in [3.05, 3.63) is 52.7 Å². The Kier molecular flexibility index (Phi) is 4.13. The molecule has 0 aliphatic carbocycles. The number of carbonyl (C=O) groups is 2. The minimum Gasteiger partial charge on any atom is -0.508 e. The summed E-state index contributed by atoms with van der Waals surface area (Å²) in [4.78, 5) is 32.7. The standard InChI is InChI=1S/C16H13N3O4S/c1-19-14(21)13(7-9-3-2-6-17-9)24-16(19)18-12-5-4-10(20)8-11(12)15(22)23/h2-8,17,20H,1H3,(H,22,23)/b13-7-,18-16?. The molecular weight excluding hydrogens is 330 g/mol. The van der Waals surface area contributed by atoms with Gasteiger partial charge in [-0.2, -0.15) is 0 Å². The molecule has 0 atom stereocenters. The van der Waals surface area contributed by atoms with Gasteiger partial charge in [-0.15, -0.1) is 0 Å². The third-order valence-electron chi connectivity index (χ3n) is 3.34. The van der Waals surface area contributed by atoms with Gasteiger partial charge in [0.2, 0.25) is 0 Å². The molecule has 0 radical (unpaired) electrons. The lowest BCUT2D eigenvalue weighted by Gasteiger charge is -2.08. The number of phenolic OH excluding ortho intramolecular Hbond substituents is 1. The molecule has 1 aromatic carbocycles. The molecule has 0 unspecified atom stereocenters. The van der Waals surface area contributed by atoms with Gasteiger partial charge in [-0.3, -0.25) is 9.69 Å². The number of H-pyrrole nitrogens is 1. The fourth-order valence-electron chi connectivity index (χ4n) is 2.12. The van der Waals surface area contributed by atoms with E-state index in [1.165, 1.54) is 17.0 Å². The van der Waals surface area contributed by atoms with Gasteiger partial charge < -0.3 is 15.2 Å². The molecular formula is C16H13N3O4S. The number of phenols is 1. The van der Waals surface area contributed by atoms with Crippen LogP contribution in [0.25, 0.3) is 6.08 Å². The average Bonchev–Trinajstić information content (AvgIpc) is 3.14. The number of aromatic nitrogens is 1. The van der Waals surface area contributed by atoms with E-state index in [2.05, 4.69) is 9.98 Å². The van der Waals surface area contributed by atoms with Crippen molar-refractivity contribution in [2.24, 2.45) is 4.99 Å². The number of amides is 1. The molecule has 3 N–H and O–H groups in total. The molecule has 1 aliphatic rings. The first kappa shape index (κ1) is 15.9. The summed E-state index contributed by atoms with van der Waals surface area (Å²) in [5, 5.41) is 19.0. The van der Waals surface area contributed by atoms with E-state index in [9.17, 15) is 19.8 Å². The molecule has 1 amide bonds. The van der Waals surface area contributed by atoms with Crippen LogP contribution in [-0.4, -0.2) is 44.2 Å². The van der Waals surface area contributed by atoms with E-state index < -0.39 is 5.97 Å². The van der Waals surface area contributed by atoms with Crippen LogP contribution in [0.15, 0.2) is 46.4 Å². The zero-order chi connectivity index (χ0) is 17.3. The summed E-state index contributed by atoms with van der Waals surface area (Å²) in [5.41, 5.74) is 0.825. The molecule has 122 valence electrons. The summed E-state index contributed by atoms with van der Waals surface area (Å²) in [6.07, 6.45) is 3.46. The number of likely N-dealkylation sites (N-methyl/N-ethyl adjacent to an activating group) is 1. The van der Waals surface area contributed by atoms with Crippen molar-refractivity contribution in [3.8, 4) is 5.75 Å². The van der Waals surface area contributed by atoms with Crippen LogP contribution in [-0.2, 0) is 4.79 Å². The molecule has 2 heterocycles. The normalized spacial score (nSPS) is 17.9. The third-order valence-corrected chi connectivity index (χ3v) is 4.40. The van der Waals surface area contributed by atoms with Gasteiger partial charge in [-0.25, -0.2) is 9.79 Å². The highest BCUT2D eigenvalue weighted by Crippen LogP contribution is 2.34. The Balaban J connectivity index is 1.97. The Morgan fingerprint density at radius 1 is 1.38 bits per heavy atom. The summed E-state index contributed by atoms with van der Waals surface area (Å²) in [6, 6.07) is 7.53. The van der Waals surface area contributed by atoms with Gasteiger partial charge >= 0.3 is 5.97 Å². The molecule has 7 nitrogen and oxygen atoms in total. The van der Waals surface area contributed by atoms with Gasteiger partial charge in [0.05, 0.1) is 16.2 Å². The lowest BCUT2D eigenvalue weighted by Crippen LogP contribution is -2.23. The fourth-order valence-corrected chi connectivity index (χ4v) is 3.09. The Labute approximate surface area is 141 Å². The first-order chi connectivity index (χ1) is 11.5. The Morgan fingerprint density at radius 2 is 2.17 bits per heavy atom. The number of amidine groups is 1. The quantitative estimate of drug-likeness (QED) is 0.743. The van der Waals surface area contributed by atoms with Gasteiger partial charge in [0.1, 0.15) is 5.75 Å². The Hall–Kier alpha value is -3.00. The highest BCUT2D eigenvalue weighted by Gasteiger charge is 2.30. The van der Waals surface area contributed by atoms with Crippen molar-refractivity contribution in [2.45, 2.75) is 0 Å². The number of hydrogen-bond acceptors (Lipinski definition) is 5. The number of aliphatic imine (C=N–C) groups is 1. The van der Waals surface area contributed by atoms with Crippen LogP contribution in [0.2, 0.25) is 0 Å². The van der Waals surface area contributed by atoms with E-state index in [0.29, 0.717) is 10.1 Å². The van der Waals surface area contributed by atoms with Gasteiger partial charge in [0, 0.05) is 18.9 Å². The second-order valence-electron chi connectivity index (χ2n) is 5.00. The maximum Gasteiger partial charge on any atom is 0.338 e. The van der Waals surface area contributed by atoms with E-state index in [-0.39, 0.29) is 22.9 Å². The number of benzene rings is 1. The van der Waals surface area contributed by atoms with Crippen molar-refractivity contribution in [1.82, 2.24) is 9.88 Å².